The highest BCUT2D eigenvalue weighted by molar-refractivity contribution is 4.79. The second-order valence-electron chi connectivity index (χ2n) is 6.14. The molecule has 114 valence electrons. The van der Waals surface area contributed by atoms with Crippen LogP contribution in [0.2, 0.25) is 0 Å². The van der Waals surface area contributed by atoms with Crippen LogP contribution in [0.1, 0.15) is 40.0 Å². The predicted octanol–water partition coefficient (Wildman–Crippen LogP) is 1.15. The Hall–Kier alpha value is -0.160. The van der Waals surface area contributed by atoms with E-state index in [1.54, 1.807) is 0 Å². The predicted molar refractivity (Wildman–Crippen MR) is 81.5 cm³/mol. The normalized spacial score (nSPS) is 20.4. The molecule has 1 aliphatic rings. The maximum atomic E-state index is 9.38. The molecule has 1 saturated heterocycles. The Morgan fingerprint density at radius 3 is 2.42 bits per heavy atom. The summed E-state index contributed by atoms with van der Waals surface area (Å²) in [5, 5.41) is 12.8. The summed E-state index contributed by atoms with van der Waals surface area (Å²) < 4.78 is 0. The minimum absolute atomic E-state index is 0.234. The first-order valence-electron chi connectivity index (χ1n) is 7.86. The van der Waals surface area contributed by atoms with Crippen molar-refractivity contribution >= 4 is 0 Å². The van der Waals surface area contributed by atoms with Crippen molar-refractivity contribution in [3.63, 3.8) is 0 Å². The van der Waals surface area contributed by atoms with Gasteiger partial charge in [0, 0.05) is 18.1 Å². The molecule has 1 heterocycles. The first-order chi connectivity index (χ1) is 9.06. The van der Waals surface area contributed by atoms with Crippen LogP contribution in [0.3, 0.4) is 0 Å². The Balaban J connectivity index is 2.25. The van der Waals surface area contributed by atoms with Gasteiger partial charge in [0.2, 0.25) is 0 Å². The third kappa shape index (κ3) is 6.21. The molecular weight excluding hydrogens is 238 g/mol. The maximum absolute atomic E-state index is 9.38. The van der Waals surface area contributed by atoms with E-state index in [1.165, 1.54) is 32.5 Å². The molecule has 0 aromatic rings. The molecule has 0 aliphatic carbocycles. The summed E-state index contributed by atoms with van der Waals surface area (Å²) in [6.07, 6.45) is 3.59. The molecule has 1 rings (SSSR count). The van der Waals surface area contributed by atoms with Crippen molar-refractivity contribution in [3.05, 3.63) is 0 Å². The van der Waals surface area contributed by atoms with Crippen LogP contribution in [0.4, 0.5) is 0 Å². The van der Waals surface area contributed by atoms with E-state index < -0.39 is 0 Å². The lowest BCUT2D eigenvalue weighted by molar-refractivity contribution is 0.123. The summed E-state index contributed by atoms with van der Waals surface area (Å²) in [5.41, 5.74) is 0. The number of nitrogens with zero attached hydrogens (tertiary/aromatic N) is 2. The zero-order valence-electron chi connectivity index (χ0n) is 13.2. The van der Waals surface area contributed by atoms with Crippen molar-refractivity contribution in [1.29, 1.82) is 0 Å². The molecule has 2 N–H and O–H groups in total. The van der Waals surface area contributed by atoms with Crippen molar-refractivity contribution in [2.75, 3.05) is 39.8 Å². The lowest BCUT2D eigenvalue weighted by Gasteiger charge is -2.36. The standard InChI is InChI=1S/C15H33N3O/c1-5-18-10-7-15(8-11-18)17(4)9-6-14(12-19)16-13(2)3/h13-16,19H,5-12H2,1-4H3. The fraction of sp³-hybridized carbons (Fsp3) is 1.00. The third-order valence-corrected chi connectivity index (χ3v) is 4.25. The lowest BCUT2D eigenvalue weighted by Crippen LogP contribution is -2.45. The number of hydrogen-bond donors (Lipinski definition) is 2. The number of aliphatic hydroxyl groups excluding tert-OH is 1. The molecule has 0 radical (unpaired) electrons. The van der Waals surface area contributed by atoms with Gasteiger partial charge < -0.3 is 20.2 Å². The second kappa shape index (κ2) is 8.90. The molecule has 4 nitrogen and oxygen atoms in total. The van der Waals surface area contributed by atoms with Gasteiger partial charge in [-0.3, -0.25) is 0 Å². The van der Waals surface area contributed by atoms with E-state index in [-0.39, 0.29) is 12.6 Å². The summed E-state index contributed by atoms with van der Waals surface area (Å²) in [6.45, 7) is 11.5. The Morgan fingerprint density at radius 1 is 1.32 bits per heavy atom. The van der Waals surface area contributed by atoms with E-state index in [1.807, 2.05) is 0 Å². The molecule has 4 heteroatoms. The SMILES string of the molecule is CCN1CCC(N(C)CCC(CO)NC(C)C)CC1. The maximum Gasteiger partial charge on any atom is 0.0585 e. The van der Waals surface area contributed by atoms with Crippen LogP contribution < -0.4 is 5.32 Å². The summed E-state index contributed by atoms with van der Waals surface area (Å²) in [4.78, 5) is 5.01. The minimum atomic E-state index is 0.234. The van der Waals surface area contributed by atoms with E-state index in [9.17, 15) is 5.11 Å². The van der Waals surface area contributed by atoms with Crippen molar-refractivity contribution in [1.82, 2.24) is 15.1 Å². The molecule has 1 atom stereocenters. The van der Waals surface area contributed by atoms with Crippen molar-refractivity contribution in [2.45, 2.75) is 58.2 Å². The smallest absolute Gasteiger partial charge is 0.0585 e. The topological polar surface area (TPSA) is 38.7 Å². The van der Waals surface area contributed by atoms with Crippen molar-refractivity contribution < 1.29 is 5.11 Å². The summed E-state index contributed by atoms with van der Waals surface area (Å²) in [5.74, 6) is 0. The summed E-state index contributed by atoms with van der Waals surface area (Å²) in [6, 6.07) is 1.40. The molecule has 0 aromatic carbocycles. The van der Waals surface area contributed by atoms with Gasteiger partial charge in [-0.15, -0.1) is 0 Å². The van der Waals surface area contributed by atoms with Crippen molar-refractivity contribution in [3.8, 4) is 0 Å². The minimum Gasteiger partial charge on any atom is -0.395 e. The van der Waals surface area contributed by atoms with Gasteiger partial charge in [0.1, 0.15) is 0 Å². The highest BCUT2D eigenvalue weighted by atomic mass is 16.3. The van der Waals surface area contributed by atoms with Gasteiger partial charge in [0.15, 0.2) is 0 Å². The van der Waals surface area contributed by atoms with Crippen LogP contribution in [0.5, 0.6) is 0 Å². The Bertz CT molecular complexity index is 227. The Kier molecular flexibility index (Phi) is 7.91. The number of piperidine rings is 1. The zero-order valence-corrected chi connectivity index (χ0v) is 13.2. The van der Waals surface area contributed by atoms with E-state index in [0.29, 0.717) is 6.04 Å². The molecule has 0 amide bonds. The van der Waals surface area contributed by atoms with Crippen molar-refractivity contribution in [2.24, 2.45) is 0 Å². The molecule has 0 aromatic heterocycles. The van der Waals surface area contributed by atoms with Crippen LogP contribution in [0, 0.1) is 0 Å². The monoisotopic (exact) mass is 271 g/mol. The molecule has 1 fully saturated rings. The third-order valence-electron chi connectivity index (χ3n) is 4.25. The van der Waals surface area contributed by atoms with Gasteiger partial charge in [0.25, 0.3) is 0 Å². The van der Waals surface area contributed by atoms with Gasteiger partial charge in [-0.05, 0) is 52.5 Å². The fourth-order valence-corrected chi connectivity index (χ4v) is 2.92. The van der Waals surface area contributed by atoms with E-state index >= 15 is 0 Å². The molecule has 0 bridgehead atoms. The molecule has 1 unspecified atom stereocenters. The quantitative estimate of drug-likeness (QED) is 0.695. The number of likely N-dealkylation sites (tertiary alicyclic amines) is 1. The average molecular weight is 271 g/mol. The number of hydrogen-bond acceptors (Lipinski definition) is 4. The Labute approximate surface area is 119 Å². The number of rotatable bonds is 8. The molecular formula is C15H33N3O. The number of nitrogens with one attached hydrogen (secondary N) is 1. The summed E-state index contributed by atoms with van der Waals surface area (Å²) >= 11 is 0. The first kappa shape index (κ1) is 16.9. The fourth-order valence-electron chi connectivity index (χ4n) is 2.92. The van der Waals surface area contributed by atoms with Gasteiger partial charge in [-0.25, -0.2) is 0 Å². The van der Waals surface area contributed by atoms with Crippen LogP contribution in [-0.2, 0) is 0 Å². The lowest BCUT2D eigenvalue weighted by atomic mass is 10.0. The molecule has 1 aliphatic heterocycles. The first-order valence-corrected chi connectivity index (χ1v) is 7.86. The van der Waals surface area contributed by atoms with Gasteiger partial charge >= 0.3 is 0 Å². The van der Waals surface area contributed by atoms with E-state index in [4.69, 9.17) is 0 Å². The highest BCUT2D eigenvalue weighted by Gasteiger charge is 2.22. The molecule has 0 saturated carbocycles. The molecule has 19 heavy (non-hydrogen) atoms. The highest BCUT2D eigenvalue weighted by Crippen LogP contribution is 2.15. The number of aliphatic hydroxyl groups is 1. The van der Waals surface area contributed by atoms with Gasteiger partial charge in [-0.2, -0.15) is 0 Å². The van der Waals surface area contributed by atoms with Crippen LogP contribution in [0.15, 0.2) is 0 Å². The van der Waals surface area contributed by atoms with E-state index in [0.717, 1.165) is 19.0 Å². The van der Waals surface area contributed by atoms with E-state index in [2.05, 4.69) is 42.9 Å². The molecule has 0 spiro atoms. The zero-order chi connectivity index (χ0) is 14.3. The van der Waals surface area contributed by atoms with Crippen LogP contribution >= 0.6 is 0 Å². The second-order valence-corrected chi connectivity index (χ2v) is 6.14. The Morgan fingerprint density at radius 2 is 1.95 bits per heavy atom. The van der Waals surface area contributed by atoms with Crippen LogP contribution in [0.25, 0.3) is 0 Å². The average Bonchev–Trinajstić information content (AvgIpc) is 2.42. The van der Waals surface area contributed by atoms with Gasteiger partial charge in [-0.1, -0.05) is 20.8 Å². The largest absolute Gasteiger partial charge is 0.395 e. The van der Waals surface area contributed by atoms with Crippen LogP contribution in [-0.4, -0.2) is 72.9 Å². The van der Waals surface area contributed by atoms with Gasteiger partial charge in [0.05, 0.1) is 6.61 Å². The summed E-state index contributed by atoms with van der Waals surface area (Å²) in [7, 11) is 2.23.